The van der Waals surface area contributed by atoms with Gasteiger partial charge in [0.15, 0.2) is 6.29 Å². The predicted octanol–water partition coefficient (Wildman–Crippen LogP) is 2.18. The van der Waals surface area contributed by atoms with Gasteiger partial charge in [0.05, 0.1) is 5.69 Å². The Kier molecular flexibility index (Phi) is 5.89. The van der Waals surface area contributed by atoms with Crippen molar-refractivity contribution < 1.29 is 9.59 Å². The Morgan fingerprint density at radius 2 is 2.09 bits per heavy atom. The minimum Gasteiger partial charge on any atom is -0.345 e. The maximum Gasteiger partial charge on any atom is 0.224 e. The number of hydrogen-bond donors (Lipinski definition) is 0. The van der Waals surface area contributed by atoms with Crippen LogP contribution in [0, 0.1) is 0 Å². The van der Waals surface area contributed by atoms with Gasteiger partial charge in [-0.05, 0) is 43.2 Å². The minimum absolute atomic E-state index is 0.113. The molecular weight excluding hydrogens is 278 g/mol. The van der Waals surface area contributed by atoms with E-state index in [0.29, 0.717) is 31.7 Å². The van der Waals surface area contributed by atoms with Crippen molar-refractivity contribution in [1.29, 1.82) is 0 Å². The van der Waals surface area contributed by atoms with E-state index < -0.39 is 0 Å². The highest BCUT2D eigenvalue weighted by Crippen LogP contribution is 2.05. The zero-order chi connectivity index (χ0) is 15.8. The first-order chi connectivity index (χ1) is 10.7. The summed E-state index contributed by atoms with van der Waals surface area (Å²) in [6, 6.07) is 7.50. The molecule has 0 saturated heterocycles. The Bertz CT molecular complexity index is 607. The number of aryl methyl sites for hydroxylation is 1. The van der Waals surface area contributed by atoms with E-state index in [0.717, 1.165) is 12.7 Å². The molecule has 0 atom stereocenters. The van der Waals surface area contributed by atoms with Crippen LogP contribution in [0.1, 0.15) is 29.4 Å². The van der Waals surface area contributed by atoms with Gasteiger partial charge in [0.1, 0.15) is 0 Å². The lowest BCUT2D eigenvalue weighted by Gasteiger charge is -2.21. The van der Waals surface area contributed by atoms with Crippen LogP contribution in [0.25, 0.3) is 0 Å². The molecule has 0 unspecified atom stereocenters. The third-order valence-corrected chi connectivity index (χ3v) is 3.71. The van der Waals surface area contributed by atoms with Gasteiger partial charge in [-0.3, -0.25) is 14.6 Å². The first kappa shape index (κ1) is 15.9. The fraction of sp³-hybridized carbons (Fsp3) is 0.353. The summed E-state index contributed by atoms with van der Waals surface area (Å²) < 4.78 is 1.81. The van der Waals surface area contributed by atoms with Gasteiger partial charge in [-0.15, -0.1) is 0 Å². The quantitative estimate of drug-likeness (QED) is 0.702. The van der Waals surface area contributed by atoms with E-state index in [1.807, 2.05) is 40.8 Å². The molecule has 5 nitrogen and oxygen atoms in total. The number of aromatic nitrogens is 2. The summed E-state index contributed by atoms with van der Waals surface area (Å²) in [7, 11) is 0. The van der Waals surface area contributed by atoms with Crippen LogP contribution in [0.5, 0.6) is 0 Å². The number of aldehydes is 1. The average molecular weight is 299 g/mol. The van der Waals surface area contributed by atoms with Crippen LogP contribution >= 0.6 is 0 Å². The molecule has 0 fully saturated rings. The van der Waals surface area contributed by atoms with E-state index in [-0.39, 0.29) is 5.91 Å². The van der Waals surface area contributed by atoms with E-state index in [2.05, 4.69) is 4.98 Å². The monoisotopic (exact) mass is 299 g/mol. The van der Waals surface area contributed by atoms with Gasteiger partial charge in [-0.2, -0.15) is 0 Å². The molecule has 2 rings (SSSR count). The summed E-state index contributed by atoms with van der Waals surface area (Å²) in [6.07, 6.45) is 7.39. The van der Waals surface area contributed by atoms with Gasteiger partial charge in [-0.1, -0.05) is 0 Å². The van der Waals surface area contributed by atoms with Crippen molar-refractivity contribution in [2.45, 2.75) is 26.3 Å². The highest BCUT2D eigenvalue weighted by Gasteiger charge is 2.12. The molecule has 0 spiro atoms. The Morgan fingerprint density at radius 3 is 2.77 bits per heavy atom. The zero-order valence-corrected chi connectivity index (χ0v) is 12.8. The van der Waals surface area contributed by atoms with Gasteiger partial charge in [0.2, 0.25) is 5.91 Å². The van der Waals surface area contributed by atoms with E-state index in [1.165, 1.54) is 5.56 Å². The van der Waals surface area contributed by atoms with Crippen LogP contribution in [-0.4, -0.2) is 39.7 Å². The summed E-state index contributed by atoms with van der Waals surface area (Å²) in [6.45, 7) is 3.91. The summed E-state index contributed by atoms with van der Waals surface area (Å²) in [5.41, 5.74) is 1.78. The van der Waals surface area contributed by atoms with Crippen LogP contribution in [0.2, 0.25) is 0 Å². The number of carbonyl (C=O) groups is 2. The first-order valence-corrected chi connectivity index (χ1v) is 7.51. The second-order valence-electron chi connectivity index (χ2n) is 5.07. The lowest BCUT2D eigenvalue weighted by atomic mass is 10.2. The highest BCUT2D eigenvalue weighted by atomic mass is 16.2. The van der Waals surface area contributed by atoms with E-state index in [9.17, 15) is 9.59 Å². The Labute approximate surface area is 130 Å². The van der Waals surface area contributed by atoms with Crippen molar-refractivity contribution in [3.8, 4) is 0 Å². The normalized spacial score (nSPS) is 10.4. The van der Waals surface area contributed by atoms with Crippen LogP contribution in [0.15, 0.2) is 42.9 Å². The minimum atomic E-state index is 0.113. The summed E-state index contributed by atoms with van der Waals surface area (Å²) in [5, 5.41) is 0. The fourth-order valence-corrected chi connectivity index (χ4v) is 2.38. The van der Waals surface area contributed by atoms with Gasteiger partial charge in [0, 0.05) is 44.6 Å². The maximum atomic E-state index is 12.3. The molecule has 0 aliphatic heterocycles. The van der Waals surface area contributed by atoms with Crippen molar-refractivity contribution in [1.82, 2.24) is 14.5 Å². The second-order valence-corrected chi connectivity index (χ2v) is 5.07. The molecule has 0 saturated carbocycles. The number of nitrogens with zero attached hydrogens (tertiary/aromatic N) is 3. The molecule has 22 heavy (non-hydrogen) atoms. The molecule has 2 aromatic heterocycles. The number of hydrogen-bond acceptors (Lipinski definition) is 3. The molecule has 2 aromatic rings. The first-order valence-electron chi connectivity index (χ1n) is 7.51. The standard InChI is InChI=1S/C17H21N3O2/c1-2-19(12-7-15-5-9-18-10-6-15)17(22)8-13-20-11-3-4-16(20)14-21/h3-6,9-11,14H,2,7-8,12-13H2,1H3. The summed E-state index contributed by atoms with van der Waals surface area (Å²) in [5.74, 6) is 0.113. The Morgan fingerprint density at radius 1 is 1.32 bits per heavy atom. The van der Waals surface area contributed by atoms with Gasteiger partial charge < -0.3 is 9.47 Å². The summed E-state index contributed by atoms with van der Waals surface area (Å²) >= 11 is 0. The second kappa shape index (κ2) is 8.12. The molecule has 0 radical (unpaired) electrons. The van der Waals surface area contributed by atoms with Crippen LogP contribution in [0.4, 0.5) is 0 Å². The van der Waals surface area contributed by atoms with E-state index in [1.54, 1.807) is 18.5 Å². The SMILES string of the molecule is CCN(CCc1ccncc1)C(=O)CCn1cccc1C=O. The van der Waals surface area contributed by atoms with Crippen LogP contribution in [-0.2, 0) is 17.8 Å². The predicted molar refractivity (Wildman–Crippen MR) is 84.6 cm³/mol. The molecule has 116 valence electrons. The van der Waals surface area contributed by atoms with Crippen molar-refractivity contribution in [2.75, 3.05) is 13.1 Å². The third kappa shape index (κ3) is 4.28. The van der Waals surface area contributed by atoms with Crippen molar-refractivity contribution >= 4 is 12.2 Å². The number of likely N-dealkylation sites (N-methyl/N-ethyl adjacent to an activating group) is 1. The Hall–Kier alpha value is -2.43. The topological polar surface area (TPSA) is 55.2 Å². The van der Waals surface area contributed by atoms with Crippen molar-refractivity contribution in [2.24, 2.45) is 0 Å². The van der Waals surface area contributed by atoms with E-state index >= 15 is 0 Å². The van der Waals surface area contributed by atoms with Crippen LogP contribution in [0.3, 0.4) is 0 Å². The third-order valence-electron chi connectivity index (χ3n) is 3.71. The average Bonchev–Trinajstić information content (AvgIpc) is 3.02. The molecule has 0 N–H and O–H groups in total. The van der Waals surface area contributed by atoms with E-state index in [4.69, 9.17) is 0 Å². The molecule has 5 heteroatoms. The molecule has 2 heterocycles. The van der Waals surface area contributed by atoms with Gasteiger partial charge in [-0.25, -0.2) is 0 Å². The summed E-state index contributed by atoms with van der Waals surface area (Å²) in [4.78, 5) is 29.0. The van der Waals surface area contributed by atoms with Crippen LogP contribution < -0.4 is 0 Å². The lowest BCUT2D eigenvalue weighted by Crippen LogP contribution is -2.33. The molecular formula is C17H21N3O2. The lowest BCUT2D eigenvalue weighted by molar-refractivity contribution is -0.131. The smallest absolute Gasteiger partial charge is 0.224 e. The number of carbonyl (C=O) groups excluding carboxylic acids is 2. The molecule has 0 aliphatic carbocycles. The fourth-order valence-electron chi connectivity index (χ4n) is 2.38. The number of pyridine rings is 1. The molecule has 0 aliphatic rings. The molecule has 0 aromatic carbocycles. The van der Waals surface area contributed by atoms with Gasteiger partial charge >= 0.3 is 0 Å². The van der Waals surface area contributed by atoms with Gasteiger partial charge in [0.25, 0.3) is 0 Å². The largest absolute Gasteiger partial charge is 0.345 e. The molecule has 0 bridgehead atoms. The van der Waals surface area contributed by atoms with Crippen molar-refractivity contribution in [3.05, 3.63) is 54.1 Å². The Balaban J connectivity index is 1.85. The van der Waals surface area contributed by atoms with Crippen molar-refractivity contribution in [3.63, 3.8) is 0 Å². The highest BCUT2D eigenvalue weighted by molar-refractivity contribution is 5.76. The maximum absolute atomic E-state index is 12.3. The zero-order valence-electron chi connectivity index (χ0n) is 12.8. The number of amides is 1. The number of rotatable bonds is 8. The molecule has 1 amide bonds.